The summed E-state index contributed by atoms with van der Waals surface area (Å²) >= 11 is 5.55. The standard InChI is InChI=1S/C15H12BrIN2O2/c1-21-14-6-5-11(16)8-13(14)15(20)19-18-9-10-3-2-4-12(17)7-10/h2-9H,1H3,(H,19,20). The summed E-state index contributed by atoms with van der Waals surface area (Å²) in [6.07, 6.45) is 1.60. The van der Waals surface area contributed by atoms with Crippen LogP contribution in [0.3, 0.4) is 0 Å². The van der Waals surface area contributed by atoms with Gasteiger partial charge in [-0.25, -0.2) is 5.43 Å². The second-order valence-corrected chi connectivity index (χ2v) is 6.26. The van der Waals surface area contributed by atoms with Crippen molar-refractivity contribution >= 4 is 50.6 Å². The number of benzene rings is 2. The first-order chi connectivity index (χ1) is 10.1. The van der Waals surface area contributed by atoms with Crippen LogP contribution in [0.25, 0.3) is 0 Å². The quantitative estimate of drug-likeness (QED) is 0.430. The number of nitrogens with zero attached hydrogens (tertiary/aromatic N) is 1. The lowest BCUT2D eigenvalue weighted by Gasteiger charge is -2.07. The number of halogens is 2. The number of amides is 1. The number of hydrogen-bond acceptors (Lipinski definition) is 3. The normalized spacial score (nSPS) is 10.6. The molecule has 0 heterocycles. The van der Waals surface area contributed by atoms with Crippen LogP contribution in [0, 0.1) is 3.57 Å². The molecule has 0 bridgehead atoms. The van der Waals surface area contributed by atoms with Crippen molar-refractivity contribution in [3.05, 3.63) is 61.6 Å². The molecular weight excluding hydrogens is 447 g/mol. The van der Waals surface area contributed by atoms with Gasteiger partial charge in [-0.3, -0.25) is 4.79 Å². The third-order valence-electron chi connectivity index (χ3n) is 2.63. The first kappa shape index (κ1) is 16.0. The van der Waals surface area contributed by atoms with Crippen LogP contribution in [-0.2, 0) is 0 Å². The van der Waals surface area contributed by atoms with E-state index in [1.165, 1.54) is 7.11 Å². The zero-order valence-electron chi connectivity index (χ0n) is 11.1. The summed E-state index contributed by atoms with van der Waals surface area (Å²) in [4.78, 5) is 12.1. The summed E-state index contributed by atoms with van der Waals surface area (Å²) < 4.78 is 7.08. The topological polar surface area (TPSA) is 50.7 Å². The van der Waals surface area contributed by atoms with Gasteiger partial charge < -0.3 is 4.74 Å². The Labute approximate surface area is 144 Å². The van der Waals surface area contributed by atoms with Gasteiger partial charge >= 0.3 is 0 Å². The molecule has 0 aliphatic rings. The molecule has 0 saturated heterocycles. The van der Waals surface area contributed by atoms with E-state index >= 15 is 0 Å². The number of hydrogen-bond donors (Lipinski definition) is 1. The highest BCUT2D eigenvalue weighted by Gasteiger charge is 2.11. The first-order valence-corrected chi connectivity index (χ1v) is 7.90. The second kappa shape index (κ2) is 7.56. The lowest BCUT2D eigenvalue weighted by molar-refractivity contribution is 0.0952. The minimum Gasteiger partial charge on any atom is -0.496 e. The number of ether oxygens (including phenoxy) is 1. The molecule has 6 heteroatoms. The lowest BCUT2D eigenvalue weighted by Crippen LogP contribution is -2.18. The van der Waals surface area contributed by atoms with Crippen molar-refractivity contribution in [3.63, 3.8) is 0 Å². The zero-order chi connectivity index (χ0) is 15.2. The Bertz CT molecular complexity index is 689. The fourth-order valence-corrected chi connectivity index (χ4v) is 2.60. The third-order valence-corrected chi connectivity index (χ3v) is 3.80. The van der Waals surface area contributed by atoms with E-state index < -0.39 is 0 Å². The number of rotatable bonds is 4. The maximum Gasteiger partial charge on any atom is 0.275 e. The summed E-state index contributed by atoms with van der Waals surface area (Å²) in [6.45, 7) is 0. The first-order valence-electron chi connectivity index (χ1n) is 6.02. The number of hydrazone groups is 1. The van der Waals surface area contributed by atoms with E-state index in [-0.39, 0.29) is 5.91 Å². The van der Waals surface area contributed by atoms with E-state index in [0.29, 0.717) is 11.3 Å². The van der Waals surface area contributed by atoms with Gasteiger partial charge in [-0.1, -0.05) is 28.1 Å². The fraction of sp³-hybridized carbons (Fsp3) is 0.0667. The van der Waals surface area contributed by atoms with E-state index in [0.717, 1.165) is 13.6 Å². The summed E-state index contributed by atoms with van der Waals surface area (Å²) in [5.41, 5.74) is 3.84. The molecule has 0 aliphatic heterocycles. The molecule has 4 nitrogen and oxygen atoms in total. The molecule has 0 radical (unpaired) electrons. The highest BCUT2D eigenvalue weighted by molar-refractivity contribution is 14.1. The van der Waals surface area contributed by atoms with Crippen LogP contribution in [0.2, 0.25) is 0 Å². The molecule has 0 aliphatic carbocycles. The van der Waals surface area contributed by atoms with Crippen molar-refractivity contribution in [3.8, 4) is 5.75 Å². The van der Waals surface area contributed by atoms with Crippen molar-refractivity contribution in [2.45, 2.75) is 0 Å². The predicted molar refractivity (Wildman–Crippen MR) is 94.9 cm³/mol. The molecule has 0 spiro atoms. The van der Waals surface area contributed by atoms with Crippen molar-refractivity contribution in [1.29, 1.82) is 0 Å². The van der Waals surface area contributed by atoms with Gasteiger partial charge in [0.05, 0.1) is 18.9 Å². The molecule has 0 aromatic heterocycles. The van der Waals surface area contributed by atoms with E-state index in [4.69, 9.17) is 4.74 Å². The molecule has 1 amide bonds. The van der Waals surface area contributed by atoms with Crippen molar-refractivity contribution in [2.75, 3.05) is 7.11 Å². The van der Waals surface area contributed by atoms with Gasteiger partial charge in [0.25, 0.3) is 5.91 Å². The Morgan fingerprint density at radius 3 is 2.86 bits per heavy atom. The van der Waals surface area contributed by atoms with E-state index in [1.807, 2.05) is 30.3 Å². The van der Waals surface area contributed by atoms with Gasteiger partial charge in [-0.05, 0) is 58.5 Å². The highest BCUT2D eigenvalue weighted by atomic mass is 127. The van der Waals surface area contributed by atoms with Crippen LogP contribution >= 0.6 is 38.5 Å². The average Bonchev–Trinajstić information content (AvgIpc) is 2.47. The smallest absolute Gasteiger partial charge is 0.275 e. The van der Waals surface area contributed by atoms with Gasteiger partial charge in [-0.15, -0.1) is 0 Å². The Kier molecular flexibility index (Phi) is 5.75. The summed E-state index contributed by atoms with van der Waals surface area (Å²) in [6, 6.07) is 13.0. The van der Waals surface area contributed by atoms with Crippen LogP contribution in [0.5, 0.6) is 5.75 Å². The zero-order valence-corrected chi connectivity index (χ0v) is 14.9. The van der Waals surface area contributed by atoms with Gasteiger partial charge in [0.15, 0.2) is 0 Å². The van der Waals surface area contributed by atoms with Crippen LogP contribution in [0.15, 0.2) is 52.0 Å². The average molecular weight is 459 g/mol. The largest absolute Gasteiger partial charge is 0.496 e. The maximum atomic E-state index is 12.1. The number of carbonyl (C=O) groups is 1. The summed E-state index contributed by atoms with van der Waals surface area (Å²) in [5.74, 6) is 0.176. The summed E-state index contributed by atoms with van der Waals surface area (Å²) in [7, 11) is 1.52. The summed E-state index contributed by atoms with van der Waals surface area (Å²) in [5, 5.41) is 3.97. The molecule has 0 atom stereocenters. The predicted octanol–water partition coefficient (Wildman–Crippen LogP) is 3.83. The molecule has 2 aromatic rings. The number of carbonyl (C=O) groups excluding carboxylic acids is 1. The molecule has 2 rings (SSSR count). The Balaban J connectivity index is 2.10. The minimum atomic E-state index is -0.324. The van der Waals surface area contributed by atoms with Crippen LogP contribution < -0.4 is 10.2 Å². The third kappa shape index (κ3) is 4.53. The van der Waals surface area contributed by atoms with Gasteiger partial charge in [-0.2, -0.15) is 5.10 Å². The molecule has 21 heavy (non-hydrogen) atoms. The lowest BCUT2D eigenvalue weighted by atomic mass is 10.2. The van der Waals surface area contributed by atoms with Gasteiger partial charge in [0.2, 0.25) is 0 Å². The Morgan fingerprint density at radius 1 is 1.33 bits per heavy atom. The molecule has 0 unspecified atom stereocenters. The SMILES string of the molecule is COc1ccc(Br)cc1C(=O)NN=Cc1cccc(I)c1. The second-order valence-electron chi connectivity index (χ2n) is 4.10. The van der Waals surface area contributed by atoms with Crippen molar-refractivity contribution in [2.24, 2.45) is 5.10 Å². The fourth-order valence-electron chi connectivity index (χ4n) is 1.67. The monoisotopic (exact) mass is 458 g/mol. The number of methoxy groups -OCH3 is 1. The van der Waals surface area contributed by atoms with Crippen LogP contribution in [0.1, 0.15) is 15.9 Å². The Hall–Kier alpha value is -1.41. The van der Waals surface area contributed by atoms with E-state index in [9.17, 15) is 4.79 Å². The number of nitrogens with one attached hydrogen (secondary N) is 1. The Morgan fingerprint density at radius 2 is 2.14 bits per heavy atom. The molecule has 1 N–H and O–H groups in total. The molecule has 2 aromatic carbocycles. The van der Waals surface area contributed by atoms with Crippen LogP contribution in [0.4, 0.5) is 0 Å². The molecule has 0 saturated carbocycles. The minimum absolute atomic E-state index is 0.324. The van der Waals surface area contributed by atoms with Crippen LogP contribution in [-0.4, -0.2) is 19.2 Å². The van der Waals surface area contributed by atoms with E-state index in [2.05, 4.69) is 49.0 Å². The molecule has 108 valence electrons. The molecule has 0 fully saturated rings. The maximum absolute atomic E-state index is 12.1. The van der Waals surface area contributed by atoms with E-state index in [1.54, 1.807) is 18.3 Å². The van der Waals surface area contributed by atoms with Gasteiger partial charge in [0, 0.05) is 8.04 Å². The highest BCUT2D eigenvalue weighted by Crippen LogP contribution is 2.22. The van der Waals surface area contributed by atoms with Crippen molar-refractivity contribution < 1.29 is 9.53 Å². The van der Waals surface area contributed by atoms with Gasteiger partial charge in [0.1, 0.15) is 5.75 Å². The molecular formula is C15H12BrIN2O2. The van der Waals surface area contributed by atoms with Crippen molar-refractivity contribution in [1.82, 2.24) is 5.43 Å².